The van der Waals surface area contributed by atoms with Crippen molar-refractivity contribution in [3.05, 3.63) is 131 Å². The second kappa shape index (κ2) is 15.2. The van der Waals surface area contributed by atoms with E-state index < -0.39 is 57.2 Å². The summed E-state index contributed by atoms with van der Waals surface area (Å²) < 4.78 is 92.7. The van der Waals surface area contributed by atoms with Crippen LogP contribution < -0.4 is 15.6 Å². The Morgan fingerprint density at radius 2 is 1.63 bits per heavy atom. The summed E-state index contributed by atoms with van der Waals surface area (Å²) in [5.41, 5.74) is 2.82. The zero-order valence-corrected chi connectivity index (χ0v) is 26.8. The molecule has 0 spiro atoms. The highest BCUT2D eigenvalue weighted by Crippen LogP contribution is 2.43. The maximum Gasteiger partial charge on any atom is 0.416 e. The Hall–Kier alpha value is -4.79. The van der Waals surface area contributed by atoms with Crippen molar-refractivity contribution in [2.75, 3.05) is 19.0 Å². The number of carbonyl (C=O) groups excluding carboxylic acids is 1. The lowest BCUT2D eigenvalue weighted by Gasteiger charge is -2.30. The first-order chi connectivity index (χ1) is 23.4. The number of sulfone groups is 1. The van der Waals surface area contributed by atoms with Gasteiger partial charge in [-0.2, -0.15) is 13.2 Å². The molecule has 1 aliphatic rings. The lowest BCUT2D eigenvalue weighted by Crippen LogP contribution is -2.53. The van der Waals surface area contributed by atoms with Crippen molar-refractivity contribution in [2.45, 2.75) is 42.1 Å². The Labute approximate surface area is 280 Å². The normalized spacial score (nSPS) is 17.7. The molecule has 0 radical (unpaired) electrons. The summed E-state index contributed by atoms with van der Waals surface area (Å²) in [5, 5.41) is 9.02. The second-order valence-electron chi connectivity index (χ2n) is 11.2. The van der Waals surface area contributed by atoms with Gasteiger partial charge >= 0.3 is 6.18 Å². The number of aliphatic hydroxyl groups is 1. The van der Waals surface area contributed by atoms with Crippen molar-refractivity contribution in [1.82, 2.24) is 10.9 Å². The predicted molar refractivity (Wildman–Crippen MR) is 173 cm³/mol. The van der Waals surface area contributed by atoms with Crippen LogP contribution in [0.4, 0.5) is 17.6 Å². The van der Waals surface area contributed by atoms with E-state index >= 15 is 0 Å². The monoisotopic (exact) mass is 699 g/mol. The van der Waals surface area contributed by atoms with E-state index in [0.717, 1.165) is 12.1 Å². The lowest BCUT2D eigenvalue weighted by atomic mass is 9.85. The highest BCUT2D eigenvalue weighted by molar-refractivity contribution is 7.91. The minimum absolute atomic E-state index is 0.0283. The molecule has 0 fully saturated rings. The number of aliphatic hydroxyl groups excluding tert-OH is 1. The van der Waals surface area contributed by atoms with Gasteiger partial charge in [-0.15, -0.1) is 0 Å². The lowest BCUT2D eigenvalue weighted by molar-refractivity contribution is -0.138. The van der Waals surface area contributed by atoms with Crippen molar-refractivity contribution >= 4 is 21.6 Å². The number of carbonyl (C=O) groups is 1. The Bertz CT molecular complexity index is 1880. The smallest absolute Gasteiger partial charge is 0.416 e. The zero-order valence-electron chi connectivity index (χ0n) is 26.0. The average molecular weight is 700 g/mol. The Morgan fingerprint density at radius 3 is 2.29 bits per heavy atom. The van der Waals surface area contributed by atoms with Gasteiger partial charge in [-0.25, -0.2) is 23.2 Å². The number of amides is 1. The molecule has 3 N–H and O–H groups in total. The van der Waals surface area contributed by atoms with Crippen LogP contribution in [-0.2, 0) is 32.1 Å². The fourth-order valence-corrected chi connectivity index (χ4v) is 6.67. The molecular formula is C35H33F4N3O6S. The minimum atomic E-state index is -4.78. The topological polar surface area (TPSA) is 126 Å². The number of alkyl halides is 3. The number of rotatable bonds is 14. The van der Waals surface area contributed by atoms with Crippen LogP contribution in [0.1, 0.15) is 41.2 Å². The molecule has 14 heteroatoms. The van der Waals surface area contributed by atoms with Crippen LogP contribution in [0.3, 0.4) is 0 Å². The highest BCUT2D eigenvalue weighted by Gasteiger charge is 2.53. The second-order valence-corrected chi connectivity index (χ2v) is 13.3. The summed E-state index contributed by atoms with van der Waals surface area (Å²) in [5.74, 6) is -1.87. The molecule has 1 aliphatic heterocycles. The number of ether oxygens (including phenoxy) is 2. The van der Waals surface area contributed by atoms with E-state index in [0.29, 0.717) is 36.0 Å². The molecule has 4 aromatic rings. The minimum Gasteiger partial charge on any atom is -0.494 e. The maximum atomic E-state index is 14.2. The van der Waals surface area contributed by atoms with Gasteiger partial charge in [0.25, 0.3) is 5.91 Å². The highest BCUT2D eigenvalue weighted by atomic mass is 32.2. The first kappa shape index (κ1) is 35.5. The summed E-state index contributed by atoms with van der Waals surface area (Å²) in [6, 6.07) is 25.0. The Kier molecular flexibility index (Phi) is 11.0. The van der Waals surface area contributed by atoms with Crippen LogP contribution in [0.25, 0.3) is 0 Å². The molecular weight excluding hydrogens is 666 g/mol. The third kappa shape index (κ3) is 8.63. The average Bonchev–Trinajstić information content (AvgIpc) is 3.49. The van der Waals surface area contributed by atoms with E-state index in [2.05, 4.69) is 10.9 Å². The fourth-order valence-electron chi connectivity index (χ4n) is 5.28. The Balaban J connectivity index is 1.49. The van der Waals surface area contributed by atoms with Gasteiger partial charge in [0.1, 0.15) is 11.6 Å². The summed E-state index contributed by atoms with van der Waals surface area (Å²) in [4.78, 5) is 19.0. The van der Waals surface area contributed by atoms with Gasteiger partial charge in [0, 0.05) is 31.6 Å². The van der Waals surface area contributed by atoms with Crippen LogP contribution >= 0.6 is 0 Å². The van der Waals surface area contributed by atoms with Gasteiger partial charge < -0.3 is 14.6 Å². The van der Waals surface area contributed by atoms with Crippen LogP contribution in [0.5, 0.6) is 5.75 Å². The van der Waals surface area contributed by atoms with Crippen molar-refractivity contribution < 1.29 is 45.4 Å². The number of halogens is 4. The molecule has 1 heterocycles. The van der Waals surface area contributed by atoms with Gasteiger partial charge in [0.05, 0.1) is 22.8 Å². The summed E-state index contributed by atoms with van der Waals surface area (Å²) >= 11 is 0. The quantitative estimate of drug-likeness (QED) is 0.0896. The molecule has 5 rings (SSSR count). The molecule has 0 aliphatic carbocycles. The third-order valence-corrected chi connectivity index (χ3v) is 9.50. The number of hydrogen-bond acceptors (Lipinski definition) is 8. The van der Waals surface area contributed by atoms with E-state index in [1.807, 2.05) is 0 Å². The fraction of sp³-hybridized carbons (Fsp3) is 0.257. The van der Waals surface area contributed by atoms with E-state index in [-0.39, 0.29) is 29.4 Å². The van der Waals surface area contributed by atoms with Crippen molar-refractivity contribution in [3.8, 4) is 5.75 Å². The third-order valence-electron chi connectivity index (χ3n) is 7.77. The molecule has 0 bridgehead atoms. The number of hydrogen-bond donors (Lipinski definition) is 3. The molecule has 49 heavy (non-hydrogen) atoms. The van der Waals surface area contributed by atoms with Crippen LogP contribution in [0.15, 0.2) is 113 Å². The largest absolute Gasteiger partial charge is 0.494 e. The molecule has 0 saturated carbocycles. The van der Waals surface area contributed by atoms with Gasteiger partial charge in [0.15, 0.2) is 21.5 Å². The van der Waals surface area contributed by atoms with Crippen LogP contribution in [0.2, 0.25) is 0 Å². The number of nitrogens with zero attached hydrogens (tertiary/aromatic N) is 1. The molecule has 1 amide bonds. The number of benzene rings is 4. The maximum absolute atomic E-state index is 14.2. The predicted octanol–water partition coefficient (Wildman–Crippen LogP) is 5.55. The number of aliphatic imine (C=N–C) groups is 1. The van der Waals surface area contributed by atoms with Gasteiger partial charge in [-0.1, -0.05) is 48.5 Å². The van der Waals surface area contributed by atoms with Crippen molar-refractivity contribution in [2.24, 2.45) is 4.99 Å². The summed E-state index contributed by atoms with van der Waals surface area (Å²) in [7, 11) is -3.92. The SMILES string of the molecule is O=C(NNCc1cc(F)cc(C(F)(F)F)c1)[C@@]1(CCS(=O)(=O)c2ccccc2)N=C(c2ccc(OCCCO)cc2)O[C@H]1c1ccccc1. The molecule has 258 valence electrons. The molecule has 4 aromatic carbocycles. The van der Waals surface area contributed by atoms with Crippen molar-refractivity contribution in [3.63, 3.8) is 0 Å². The first-order valence-electron chi connectivity index (χ1n) is 15.2. The number of nitrogens with one attached hydrogen (secondary N) is 2. The van der Waals surface area contributed by atoms with Crippen molar-refractivity contribution in [1.29, 1.82) is 0 Å². The molecule has 0 unspecified atom stereocenters. The van der Waals surface area contributed by atoms with Gasteiger partial charge in [0.2, 0.25) is 5.90 Å². The van der Waals surface area contributed by atoms with Gasteiger partial charge in [-0.3, -0.25) is 10.2 Å². The van der Waals surface area contributed by atoms with E-state index in [4.69, 9.17) is 19.6 Å². The standard InChI is InChI=1S/C35H33F4N3O6S/c36-28-21-24(20-27(22-28)35(37,38)39)23-40-42-33(44)34(16-19-49(45,46)30-10-5-2-6-11-30)31(25-8-3-1-4-9-25)48-32(41-34)26-12-14-29(15-13-26)47-18-7-17-43/h1-6,8-15,20-22,31,40,43H,7,16-19,23H2,(H,42,44)/t31-,34-/m0/s1. The van der Waals surface area contributed by atoms with Crippen LogP contribution in [-0.4, -0.2) is 49.8 Å². The molecule has 2 atom stereocenters. The van der Waals surface area contributed by atoms with Gasteiger partial charge in [-0.05, 0) is 65.7 Å². The first-order valence-corrected chi connectivity index (χ1v) is 16.9. The Morgan fingerprint density at radius 1 is 0.959 bits per heavy atom. The van der Waals surface area contributed by atoms with E-state index in [9.17, 15) is 30.8 Å². The molecule has 0 saturated heterocycles. The molecule has 9 nitrogen and oxygen atoms in total. The summed E-state index contributed by atoms with van der Waals surface area (Å²) in [6.45, 7) is -0.127. The van der Waals surface area contributed by atoms with Crippen LogP contribution in [0, 0.1) is 5.82 Å². The number of hydrazine groups is 1. The van der Waals surface area contributed by atoms with E-state index in [1.165, 1.54) is 12.1 Å². The zero-order chi connectivity index (χ0) is 35.1. The summed E-state index contributed by atoms with van der Waals surface area (Å²) in [6.07, 6.45) is -5.81. The molecule has 0 aromatic heterocycles. The van der Waals surface area contributed by atoms with E-state index in [1.54, 1.807) is 72.8 Å².